The van der Waals surface area contributed by atoms with Crippen LogP contribution in [0.5, 0.6) is 0 Å². The number of carboxylic acids is 1. The van der Waals surface area contributed by atoms with Crippen LogP contribution in [-0.2, 0) is 14.3 Å². The van der Waals surface area contributed by atoms with E-state index in [1.807, 2.05) is 0 Å². The molecule has 2 N–H and O–H groups in total. The first-order chi connectivity index (χ1) is 7.98. The maximum absolute atomic E-state index is 11.6. The van der Waals surface area contributed by atoms with Crippen molar-refractivity contribution in [2.75, 3.05) is 7.11 Å². The summed E-state index contributed by atoms with van der Waals surface area (Å²) in [6.07, 6.45) is -0.890. The predicted molar refractivity (Wildman–Crippen MR) is 66.5 cm³/mol. The molecule has 0 radical (unpaired) electrons. The Labute approximate surface area is 108 Å². The fourth-order valence-corrected chi connectivity index (χ4v) is 1.24. The number of carbonyl (C=O) groups is 2. The van der Waals surface area contributed by atoms with Gasteiger partial charge in [-0.05, 0) is 34.6 Å². The van der Waals surface area contributed by atoms with Gasteiger partial charge in [-0.2, -0.15) is 0 Å². The Hall–Kier alpha value is -1.30. The van der Waals surface area contributed by atoms with E-state index < -0.39 is 29.3 Å². The maximum atomic E-state index is 11.6. The van der Waals surface area contributed by atoms with Gasteiger partial charge in [-0.25, -0.2) is 4.79 Å². The number of nitrogens with one attached hydrogen (secondary N) is 1. The minimum Gasteiger partial charge on any atom is -0.481 e. The number of methoxy groups -OCH3 is 1. The van der Waals surface area contributed by atoms with Crippen LogP contribution in [0.1, 0.15) is 41.0 Å². The van der Waals surface area contributed by atoms with E-state index in [0.717, 1.165) is 0 Å². The molecule has 0 bridgehead atoms. The van der Waals surface area contributed by atoms with Crippen LogP contribution in [0.25, 0.3) is 0 Å². The van der Waals surface area contributed by atoms with Gasteiger partial charge in [0.25, 0.3) is 0 Å². The van der Waals surface area contributed by atoms with Crippen LogP contribution in [0.2, 0.25) is 0 Å². The highest BCUT2D eigenvalue weighted by molar-refractivity contribution is 5.72. The number of alkyl carbamates (subject to hydrolysis) is 1. The average molecular weight is 261 g/mol. The molecule has 0 spiro atoms. The first kappa shape index (κ1) is 16.7. The molecule has 0 aliphatic rings. The third-order valence-corrected chi connectivity index (χ3v) is 2.43. The summed E-state index contributed by atoms with van der Waals surface area (Å²) in [7, 11) is 1.46. The molecule has 0 heterocycles. The van der Waals surface area contributed by atoms with E-state index in [9.17, 15) is 9.59 Å². The first-order valence-corrected chi connectivity index (χ1v) is 5.74. The smallest absolute Gasteiger partial charge is 0.407 e. The Morgan fingerprint density at radius 2 is 1.72 bits per heavy atom. The lowest BCUT2D eigenvalue weighted by molar-refractivity contribution is -0.139. The van der Waals surface area contributed by atoms with Gasteiger partial charge < -0.3 is 19.9 Å². The number of carboxylic acid groups (broad SMARTS) is 1. The molecule has 0 rings (SSSR count). The van der Waals surface area contributed by atoms with Crippen molar-refractivity contribution in [3.8, 4) is 0 Å². The summed E-state index contributed by atoms with van der Waals surface area (Å²) in [5.74, 6) is -1.01. The minimum atomic E-state index is -1.01. The first-order valence-electron chi connectivity index (χ1n) is 5.74. The molecule has 1 amide bonds. The third-order valence-electron chi connectivity index (χ3n) is 2.43. The van der Waals surface area contributed by atoms with Crippen LogP contribution in [0, 0.1) is 0 Å². The van der Waals surface area contributed by atoms with Crippen molar-refractivity contribution in [2.45, 2.75) is 58.3 Å². The van der Waals surface area contributed by atoms with Crippen LogP contribution < -0.4 is 5.32 Å². The molecule has 0 aromatic rings. The van der Waals surface area contributed by atoms with Gasteiger partial charge in [-0.1, -0.05) is 0 Å². The summed E-state index contributed by atoms with van der Waals surface area (Å²) >= 11 is 0. The molecule has 0 aromatic heterocycles. The molecule has 0 aliphatic heterocycles. The maximum Gasteiger partial charge on any atom is 0.407 e. The van der Waals surface area contributed by atoms with E-state index in [1.165, 1.54) is 7.11 Å². The van der Waals surface area contributed by atoms with Crippen molar-refractivity contribution in [2.24, 2.45) is 0 Å². The monoisotopic (exact) mass is 261 g/mol. The molecule has 1 unspecified atom stereocenters. The van der Waals surface area contributed by atoms with E-state index in [2.05, 4.69) is 5.32 Å². The van der Waals surface area contributed by atoms with Gasteiger partial charge in [0.05, 0.1) is 18.1 Å². The quantitative estimate of drug-likeness (QED) is 0.788. The second kappa shape index (κ2) is 6.04. The molecule has 1 atom stereocenters. The molecule has 0 aromatic carbocycles. The molecule has 6 heteroatoms. The second-order valence-corrected chi connectivity index (χ2v) is 5.60. The average Bonchev–Trinajstić information content (AvgIpc) is 2.12. The summed E-state index contributed by atoms with van der Waals surface area (Å²) in [5.41, 5.74) is -1.43. The fourth-order valence-electron chi connectivity index (χ4n) is 1.24. The van der Waals surface area contributed by atoms with Gasteiger partial charge in [0, 0.05) is 7.11 Å². The van der Waals surface area contributed by atoms with E-state index in [0.29, 0.717) is 0 Å². The molecular formula is C12H23NO5. The summed E-state index contributed by atoms with van der Waals surface area (Å²) < 4.78 is 10.3. The highest BCUT2D eigenvalue weighted by Crippen LogP contribution is 2.17. The molecule has 0 saturated carbocycles. The van der Waals surface area contributed by atoms with Crippen molar-refractivity contribution >= 4 is 12.1 Å². The van der Waals surface area contributed by atoms with Crippen molar-refractivity contribution in [1.82, 2.24) is 5.32 Å². The Morgan fingerprint density at radius 1 is 1.22 bits per heavy atom. The SMILES string of the molecule is COC(C)(C)C(CC(=O)O)NC(=O)OC(C)(C)C. The Bertz CT molecular complexity index is 306. The number of hydrogen-bond donors (Lipinski definition) is 2. The van der Waals surface area contributed by atoms with Crippen molar-refractivity contribution in [3.63, 3.8) is 0 Å². The van der Waals surface area contributed by atoms with Crippen LogP contribution in [0.3, 0.4) is 0 Å². The minimum absolute atomic E-state index is 0.236. The molecule has 0 aliphatic carbocycles. The van der Waals surface area contributed by atoms with Gasteiger partial charge in [-0.3, -0.25) is 4.79 Å². The number of aliphatic carboxylic acids is 1. The predicted octanol–water partition coefficient (Wildman–Crippen LogP) is 1.78. The third kappa shape index (κ3) is 6.44. The standard InChI is InChI=1S/C12H23NO5/c1-11(2,3)18-10(16)13-8(7-9(14)15)12(4,5)17-6/h8H,7H2,1-6H3,(H,13,16)(H,14,15). The number of rotatable bonds is 5. The van der Waals surface area contributed by atoms with E-state index >= 15 is 0 Å². The zero-order valence-electron chi connectivity index (χ0n) is 11.9. The normalized spacial score (nSPS) is 13.9. The topological polar surface area (TPSA) is 84.9 Å². The van der Waals surface area contributed by atoms with Crippen molar-refractivity contribution in [3.05, 3.63) is 0 Å². The Balaban J connectivity index is 4.70. The molecule has 106 valence electrons. The Kier molecular flexibility index (Phi) is 5.60. The number of amides is 1. The van der Waals surface area contributed by atoms with Gasteiger partial charge >= 0.3 is 12.1 Å². The van der Waals surface area contributed by atoms with Crippen LogP contribution in [-0.4, -0.2) is 41.5 Å². The number of ether oxygens (including phenoxy) is 2. The molecular weight excluding hydrogens is 238 g/mol. The number of carbonyl (C=O) groups excluding carboxylic acids is 1. The molecule has 0 saturated heterocycles. The summed E-state index contributed by atoms with van der Waals surface area (Å²) in [6.45, 7) is 8.62. The second-order valence-electron chi connectivity index (χ2n) is 5.60. The molecule has 0 fully saturated rings. The summed E-state index contributed by atoms with van der Waals surface area (Å²) in [5, 5.41) is 11.4. The summed E-state index contributed by atoms with van der Waals surface area (Å²) in [6, 6.07) is -0.671. The highest BCUT2D eigenvalue weighted by Gasteiger charge is 2.33. The zero-order valence-corrected chi connectivity index (χ0v) is 11.9. The van der Waals surface area contributed by atoms with Crippen molar-refractivity contribution < 1.29 is 24.2 Å². The van der Waals surface area contributed by atoms with Crippen LogP contribution in [0.4, 0.5) is 4.79 Å². The Morgan fingerprint density at radius 3 is 2.06 bits per heavy atom. The van der Waals surface area contributed by atoms with Gasteiger partial charge in [-0.15, -0.1) is 0 Å². The van der Waals surface area contributed by atoms with Crippen LogP contribution in [0.15, 0.2) is 0 Å². The van der Waals surface area contributed by atoms with Crippen molar-refractivity contribution in [1.29, 1.82) is 0 Å². The zero-order chi connectivity index (χ0) is 14.6. The lowest BCUT2D eigenvalue weighted by Crippen LogP contribution is -2.52. The lowest BCUT2D eigenvalue weighted by Gasteiger charge is -2.33. The molecule has 6 nitrogen and oxygen atoms in total. The number of hydrogen-bond acceptors (Lipinski definition) is 4. The van der Waals surface area contributed by atoms with Gasteiger partial charge in [0.2, 0.25) is 0 Å². The van der Waals surface area contributed by atoms with E-state index in [1.54, 1.807) is 34.6 Å². The molecule has 18 heavy (non-hydrogen) atoms. The van der Waals surface area contributed by atoms with Gasteiger partial charge in [0.1, 0.15) is 5.60 Å². The van der Waals surface area contributed by atoms with E-state index in [4.69, 9.17) is 14.6 Å². The largest absolute Gasteiger partial charge is 0.481 e. The van der Waals surface area contributed by atoms with Crippen LogP contribution >= 0.6 is 0 Å². The summed E-state index contributed by atoms with van der Waals surface area (Å²) in [4.78, 5) is 22.4. The van der Waals surface area contributed by atoms with Gasteiger partial charge in [0.15, 0.2) is 0 Å². The lowest BCUT2D eigenvalue weighted by atomic mass is 9.96. The fraction of sp³-hybridized carbons (Fsp3) is 0.833. The van der Waals surface area contributed by atoms with E-state index in [-0.39, 0.29) is 6.42 Å². The highest BCUT2D eigenvalue weighted by atomic mass is 16.6.